The molecule has 2 aromatic rings. The van der Waals surface area contributed by atoms with Gasteiger partial charge in [-0.25, -0.2) is 4.79 Å². The van der Waals surface area contributed by atoms with Gasteiger partial charge in [0, 0.05) is 19.0 Å². The van der Waals surface area contributed by atoms with Crippen molar-refractivity contribution in [2.75, 3.05) is 20.1 Å². The van der Waals surface area contributed by atoms with Gasteiger partial charge in [-0.3, -0.25) is 4.84 Å². The quantitative estimate of drug-likeness (QED) is 0.773. The van der Waals surface area contributed by atoms with Crippen molar-refractivity contribution in [2.24, 2.45) is 5.41 Å². The molecule has 29 heavy (non-hydrogen) atoms. The number of nitrogens with zero attached hydrogens (tertiary/aromatic N) is 4. The number of fused-ring (bicyclic) bond motifs is 3. The van der Waals surface area contributed by atoms with Gasteiger partial charge in [0.15, 0.2) is 0 Å². The zero-order valence-corrected chi connectivity index (χ0v) is 16.9. The molecule has 1 saturated carbocycles. The molecule has 1 aromatic carbocycles. The smallest absolute Gasteiger partial charge is 0.345 e. The number of nitrogens with one attached hydrogen (secondary N) is 1. The molecular formula is C21H27N5O3. The first-order valence-electron chi connectivity index (χ1n) is 10.4. The molecule has 2 saturated heterocycles. The summed E-state index contributed by atoms with van der Waals surface area (Å²) in [5.74, 6) is 1.29. The first-order chi connectivity index (χ1) is 14.1. The monoisotopic (exact) mass is 397 g/mol. The van der Waals surface area contributed by atoms with Crippen LogP contribution < -0.4 is 5.32 Å². The van der Waals surface area contributed by atoms with Crippen molar-refractivity contribution in [3.05, 3.63) is 47.7 Å². The van der Waals surface area contributed by atoms with Crippen LogP contribution in [-0.2, 0) is 11.4 Å². The first kappa shape index (κ1) is 18.6. The molecule has 1 spiro atoms. The third-order valence-corrected chi connectivity index (χ3v) is 6.55. The molecule has 5 rings (SSSR count). The minimum atomic E-state index is -0.172. The predicted molar refractivity (Wildman–Crippen MR) is 105 cm³/mol. The highest BCUT2D eigenvalue weighted by Crippen LogP contribution is 2.61. The Balaban J connectivity index is 1.35. The minimum Gasteiger partial charge on any atom is -0.423 e. The molecule has 2 amide bonds. The molecule has 1 aliphatic carbocycles. The average Bonchev–Trinajstić information content (AvgIpc) is 3.21. The Labute approximate surface area is 170 Å². The Kier molecular flexibility index (Phi) is 4.55. The topological polar surface area (TPSA) is 83.7 Å². The maximum Gasteiger partial charge on any atom is 0.345 e. The van der Waals surface area contributed by atoms with Gasteiger partial charge >= 0.3 is 6.03 Å². The van der Waals surface area contributed by atoms with Crippen LogP contribution in [-0.4, -0.2) is 52.4 Å². The van der Waals surface area contributed by atoms with E-state index < -0.39 is 0 Å². The van der Waals surface area contributed by atoms with E-state index in [9.17, 15) is 4.79 Å². The maximum atomic E-state index is 13.2. The summed E-state index contributed by atoms with van der Waals surface area (Å²) >= 11 is 0. The van der Waals surface area contributed by atoms with E-state index in [4.69, 9.17) is 9.25 Å². The average molecular weight is 397 g/mol. The molecule has 3 heterocycles. The Morgan fingerprint density at radius 3 is 2.83 bits per heavy atom. The van der Waals surface area contributed by atoms with E-state index in [0.717, 1.165) is 31.4 Å². The van der Waals surface area contributed by atoms with Crippen molar-refractivity contribution in [3.63, 3.8) is 0 Å². The molecule has 2 aliphatic heterocycles. The van der Waals surface area contributed by atoms with E-state index in [1.165, 1.54) is 0 Å². The van der Waals surface area contributed by atoms with Crippen molar-refractivity contribution in [3.8, 4) is 0 Å². The summed E-state index contributed by atoms with van der Waals surface area (Å²) in [6.07, 6.45) is 3.08. The molecule has 3 aliphatic rings. The molecule has 8 nitrogen and oxygen atoms in total. The summed E-state index contributed by atoms with van der Waals surface area (Å²) < 4.78 is 6.01. The molecule has 0 unspecified atom stereocenters. The third kappa shape index (κ3) is 3.20. The second-order valence-corrected chi connectivity index (χ2v) is 8.56. The van der Waals surface area contributed by atoms with E-state index in [-0.39, 0.29) is 29.4 Å². The lowest BCUT2D eigenvalue weighted by Gasteiger charge is -2.35. The third-order valence-electron chi connectivity index (χ3n) is 6.55. The number of carbonyl (C=O) groups is 1. The van der Waals surface area contributed by atoms with Gasteiger partial charge in [-0.2, -0.15) is 5.06 Å². The number of benzene rings is 1. The highest BCUT2D eigenvalue weighted by atomic mass is 16.7. The van der Waals surface area contributed by atoms with Gasteiger partial charge in [-0.05, 0) is 37.3 Å². The Morgan fingerprint density at radius 2 is 2.10 bits per heavy atom. The molecule has 3 fully saturated rings. The number of likely N-dealkylation sites (N-methyl/N-ethyl adjacent to an activating group) is 1. The van der Waals surface area contributed by atoms with Gasteiger partial charge in [0.05, 0.1) is 6.04 Å². The summed E-state index contributed by atoms with van der Waals surface area (Å²) in [6, 6.07) is 9.78. The van der Waals surface area contributed by atoms with Gasteiger partial charge in [0.25, 0.3) is 0 Å². The number of hydrogen-bond donors (Lipinski definition) is 1. The Bertz CT molecular complexity index is 881. The van der Waals surface area contributed by atoms with Gasteiger partial charge < -0.3 is 14.6 Å². The second kappa shape index (κ2) is 7.11. The number of urea groups is 1. The van der Waals surface area contributed by atoms with E-state index >= 15 is 0 Å². The summed E-state index contributed by atoms with van der Waals surface area (Å²) in [5.41, 5.74) is 1.16. The second-order valence-electron chi connectivity index (χ2n) is 8.56. The molecular weight excluding hydrogens is 370 g/mol. The number of piperidine rings is 1. The normalized spacial score (nSPS) is 25.7. The number of amides is 2. The summed E-state index contributed by atoms with van der Waals surface area (Å²) in [5, 5.41) is 13.3. The number of hydroxylamine groups is 2. The minimum absolute atomic E-state index is 0.0947. The van der Waals surface area contributed by atoms with Crippen molar-refractivity contribution in [1.29, 1.82) is 0 Å². The van der Waals surface area contributed by atoms with Crippen LogP contribution >= 0.6 is 0 Å². The Morgan fingerprint density at radius 1 is 1.31 bits per heavy atom. The lowest BCUT2D eigenvalue weighted by Crippen LogP contribution is -2.42. The van der Waals surface area contributed by atoms with Crippen LogP contribution in [0.25, 0.3) is 0 Å². The molecule has 8 heteroatoms. The van der Waals surface area contributed by atoms with Gasteiger partial charge in [-0.1, -0.05) is 37.3 Å². The fourth-order valence-corrected chi connectivity index (χ4v) is 4.69. The predicted octanol–water partition coefficient (Wildman–Crippen LogP) is 2.86. The van der Waals surface area contributed by atoms with Crippen molar-refractivity contribution >= 4 is 6.03 Å². The van der Waals surface area contributed by atoms with E-state index in [1.807, 2.05) is 49.2 Å². The summed E-state index contributed by atoms with van der Waals surface area (Å²) in [7, 11) is 1.90. The summed E-state index contributed by atoms with van der Waals surface area (Å²) in [6.45, 7) is 3.86. The van der Waals surface area contributed by atoms with Crippen molar-refractivity contribution in [2.45, 2.75) is 50.8 Å². The highest BCUT2D eigenvalue weighted by Gasteiger charge is 2.64. The zero-order chi connectivity index (χ0) is 20.0. The van der Waals surface area contributed by atoms with Gasteiger partial charge in [0.1, 0.15) is 12.6 Å². The largest absolute Gasteiger partial charge is 0.423 e. The van der Waals surface area contributed by atoms with E-state index in [1.54, 1.807) is 5.06 Å². The standard InChI is InChI=1S/C21H27N5O3/c1-14(11-22-2)18-23-24-19(29-18)16-10-21(8-9-21)17-12-25(16)20(27)26(17)28-13-15-6-4-3-5-7-15/h3-7,14,16-17,22H,8-13H2,1-2H3/t14-,16-,17-/m0/s1. The van der Waals surface area contributed by atoms with Gasteiger partial charge in [0.2, 0.25) is 11.8 Å². The van der Waals surface area contributed by atoms with E-state index in [0.29, 0.717) is 24.9 Å². The lowest BCUT2D eigenvalue weighted by atomic mass is 9.85. The maximum absolute atomic E-state index is 13.2. The molecule has 2 bridgehead atoms. The van der Waals surface area contributed by atoms with Crippen LogP contribution in [0, 0.1) is 5.41 Å². The van der Waals surface area contributed by atoms with Crippen LogP contribution in [0.1, 0.15) is 55.5 Å². The number of rotatable bonds is 7. The SMILES string of the molecule is CNC[C@H](C)c1nnc([C@@H]2CC3(CC3)[C@@H]3CN2C(=O)N3OCc2ccccc2)o1. The molecule has 1 N–H and O–H groups in total. The molecule has 0 radical (unpaired) electrons. The van der Waals surface area contributed by atoms with Crippen LogP contribution in [0.5, 0.6) is 0 Å². The van der Waals surface area contributed by atoms with Gasteiger partial charge in [-0.15, -0.1) is 10.2 Å². The summed E-state index contributed by atoms with van der Waals surface area (Å²) in [4.78, 5) is 21.0. The fraction of sp³-hybridized carbons (Fsp3) is 0.571. The number of hydrogen-bond acceptors (Lipinski definition) is 6. The molecule has 3 atom stereocenters. The first-order valence-corrected chi connectivity index (χ1v) is 10.4. The fourth-order valence-electron chi connectivity index (χ4n) is 4.69. The molecule has 1 aromatic heterocycles. The van der Waals surface area contributed by atoms with E-state index in [2.05, 4.69) is 15.5 Å². The lowest BCUT2D eigenvalue weighted by molar-refractivity contribution is -0.153. The van der Waals surface area contributed by atoms with Crippen LogP contribution in [0.2, 0.25) is 0 Å². The zero-order valence-electron chi connectivity index (χ0n) is 16.9. The molecule has 154 valence electrons. The van der Waals surface area contributed by atoms with Crippen LogP contribution in [0.15, 0.2) is 34.7 Å². The number of carbonyl (C=O) groups excluding carboxylic acids is 1. The Hall–Kier alpha value is -2.45. The number of aromatic nitrogens is 2. The van der Waals surface area contributed by atoms with Crippen molar-refractivity contribution in [1.82, 2.24) is 25.5 Å². The van der Waals surface area contributed by atoms with Crippen LogP contribution in [0.4, 0.5) is 4.79 Å². The van der Waals surface area contributed by atoms with Crippen molar-refractivity contribution < 1.29 is 14.0 Å². The highest BCUT2D eigenvalue weighted by molar-refractivity contribution is 5.77. The van der Waals surface area contributed by atoms with Crippen LogP contribution in [0.3, 0.4) is 0 Å².